The lowest BCUT2D eigenvalue weighted by Crippen LogP contribution is -2.40. The van der Waals surface area contributed by atoms with Crippen molar-refractivity contribution in [3.05, 3.63) is 36.1 Å². The van der Waals surface area contributed by atoms with Gasteiger partial charge in [0.15, 0.2) is 0 Å². The SMILES string of the molecule is CNC1=CCC(C=CC(=O)O)(NC)C=C1. The molecule has 1 aliphatic carbocycles. The third-order valence-electron chi connectivity index (χ3n) is 2.50. The predicted octanol–water partition coefficient (Wildman–Crippen LogP) is 0.649. The van der Waals surface area contributed by atoms with Crippen LogP contribution >= 0.6 is 0 Å². The Balaban J connectivity index is 2.79. The summed E-state index contributed by atoms with van der Waals surface area (Å²) in [6, 6.07) is 0. The van der Waals surface area contributed by atoms with E-state index in [0.29, 0.717) is 0 Å². The standard InChI is InChI=1S/C11H16N2O2/c1-12-9-3-6-11(13-2,7-4-9)8-5-10(14)15/h3-6,8,12-13H,7H2,1-2H3,(H,14,15). The van der Waals surface area contributed by atoms with Crippen LogP contribution in [0.3, 0.4) is 0 Å². The summed E-state index contributed by atoms with van der Waals surface area (Å²) < 4.78 is 0. The van der Waals surface area contributed by atoms with Gasteiger partial charge in [-0.3, -0.25) is 0 Å². The highest BCUT2D eigenvalue weighted by Crippen LogP contribution is 2.21. The Bertz CT molecular complexity index is 331. The molecule has 82 valence electrons. The minimum Gasteiger partial charge on any atom is -0.478 e. The molecule has 3 N–H and O–H groups in total. The van der Waals surface area contributed by atoms with Crippen LogP contribution < -0.4 is 10.6 Å². The molecule has 0 saturated heterocycles. The van der Waals surface area contributed by atoms with Crippen LogP contribution in [0.4, 0.5) is 0 Å². The van der Waals surface area contributed by atoms with Crippen LogP contribution in [-0.2, 0) is 4.79 Å². The fraction of sp³-hybridized carbons (Fsp3) is 0.364. The smallest absolute Gasteiger partial charge is 0.328 e. The molecular formula is C11H16N2O2. The summed E-state index contributed by atoms with van der Waals surface area (Å²) in [6.45, 7) is 0. The Kier molecular flexibility index (Phi) is 3.68. The molecule has 4 heteroatoms. The Morgan fingerprint density at radius 2 is 2.33 bits per heavy atom. The van der Waals surface area contributed by atoms with Crippen LogP contribution in [0.5, 0.6) is 0 Å². The van der Waals surface area contributed by atoms with Crippen molar-refractivity contribution in [2.75, 3.05) is 14.1 Å². The Morgan fingerprint density at radius 3 is 2.73 bits per heavy atom. The number of carbonyl (C=O) groups is 1. The van der Waals surface area contributed by atoms with Crippen molar-refractivity contribution < 1.29 is 9.90 Å². The fourth-order valence-electron chi connectivity index (χ4n) is 1.45. The van der Waals surface area contributed by atoms with Crippen molar-refractivity contribution in [1.29, 1.82) is 0 Å². The van der Waals surface area contributed by atoms with E-state index in [1.807, 2.05) is 32.3 Å². The predicted molar refractivity (Wildman–Crippen MR) is 59.5 cm³/mol. The average molecular weight is 208 g/mol. The number of carboxylic acids is 1. The lowest BCUT2D eigenvalue weighted by Gasteiger charge is -2.28. The monoisotopic (exact) mass is 208 g/mol. The zero-order valence-electron chi connectivity index (χ0n) is 8.95. The van der Waals surface area contributed by atoms with Crippen molar-refractivity contribution in [3.8, 4) is 0 Å². The van der Waals surface area contributed by atoms with E-state index in [1.54, 1.807) is 6.08 Å². The molecule has 1 aliphatic rings. The molecule has 0 heterocycles. The van der Waals surface area contributed by atoms with Crippen LogP contribution in [0, 0.1) is 0 Å². The van der Waals surface area contributed by atoms with E-state index in [4.69, 9.17) is 5.11 Å². The molecule has 0 fully saturated rings. The molecule has 0 aromatic carbocycles. The summed E-state index contributed by atoms with van der Waals surface area (Å²) >= 11 is 0. The van der Waals surface area contributed by atoms with Gasteiger partial charge in [-0.1, -0.05) is 18.2 Å². The van der Waals surface area contributed by atoms with Gasteiger partial charge >= 0.3 is 5.97 Å². The molecular weight excluding hydrogens is 192 g/mol. The number of aliphatic carboxylic acids is 1. The van der Waals surface area contributed by atoms with Crippen molar-refractivity contribution in [2.45, 2.75) is 12.0 Å². The number of likely N-dealkylation sites (N-methyl/N-ethyl adjacent to an activating group) is 2. The van der Waals surface area contributed by atoms with E-state index < -0.39 is 5.97 Å². The van der Waals surface area contributed by atoms with Gasteiger partial charge in [-0.15, -0.1) is 0 Å². The highest BCUT2D eigenvalue weighted by atomic mass is 16.4. The lowest BCUT2D eigenvalue weighted by molar-refractivity contribution is -0.131. The molecule has 0 aliphatic heterocycles. The summed E-state index contributed by atoms with van der Waals surface area (Å²) in [7, 11) is 3.67. The summed E-state index contributed by atoms with van der Waals surface area (Å²) in [5, 5.41) is 14.7. The quantitative estimate of drug-likeness (QED) is 0.594. The van der Waals surface area contributed by atoms with Crippen LogP contribution in [-0.4, -0.2) is 30.7 Å². The summed E-state index contributed by atoms with van der Waals surface area (Å²) in [5.41, 5.74) is 0.670. The molecule has 1 atom stereocenters. The van der Waals surface area contributed by atoms with Crippen molar-refractivity contribution >= 4 is 5.97 Å². The average Bonchev–Trinajstić information content (AvgIpc) is 2.27. The molecule has 1 unspecified atom stereocenters. The summed E-state index contributed by atoms with van der Waals surface area (Å²) in [4.78, 5) is 10.5. The Morgan fingerprint density at radius 1 is 1.60 bits per heavy atom. The zero-order valence-corrected chi connectivity index (χ0v) is 8.95. The minimum absolute atomic E-state index is 0.376. The van der Waals surface area contributed by atoms with Gasteiger partial charge in [-0.25, -0.2) is 4.79 Å². The van der Waals surface area contributed by atoms with Gasteiger partial charge in [0.1, 0.15) is 0 Å². The molecule has 0 bridgehead atoms. The molecule has 0 saturated carbocycles. The molecule has 4 nitrogen and oxygen atoms in total. The maximum atomic E-state index is 10.5. The number of allylic oxidation sites excluding steroid dienone is 1. The van der Waals surface area contributed by atoms with Crippen molar-refractivity contribution in [2.24, 2.45) is 0 Å². The van der Waals surface area contributed by atoms with Gasteiger partial charge in [0.05, 0.1) is 5.54 Å². The minimum atomic E-state index is -0.929. The van der Waals surface area contributed by atoms with Gasteiger partial charge in [-0.2, -0.15) is 0 Å². The number of hydrogen-bond acceptors (Lipinski definition) is 3. The van der Waals surface area contributed by atoms with Gasteiger partial charge < -0.3 is 15.7 Å². The van der Waals surface area contributed by atoms with Gasteiger partial charge in [-0.05, 0) is 19.5 Å². The summed E-state index contributed by atoms with van der Waals surface area (Å²) in [6.07, 6.45) is 9.49. The van der Waals surface area contributed by atoms with Crippen LogP contribution in [0.25, 0.3) is 0 Å². The van der Waals surface area contributed by atoms with Gasteiger partial charge in [0, 0.05) is 18.8 Å². The van der Waals surface area contributed by atoms with E-state index in [9.17, 15) is 4.79 Å². The topological polar surface area (TPSA) is 61.4 Å². The summed E-state index contributed by atoms with van der Waals surface area (Å²) in [5.74, 6) is -0.929. The largest absolute Gasteiger partial charge is 0.478 e. The maximum Gasteiger partial charge on any atom is 0.328 e. The third kappa shape index (κ3) is 2.95. The lowest BCUT2D eigenvalue weighted by atomic mass is 9.90. The van der Waals surface area contributed by atoms with E-state index in [-0.39, 0.29) is 5.54 Å². The first-order valence-electron chi connectivity index (χ1n) is 4.80. The van der Waals surface area contributed by atoms with E-state index in [0.717, 1.165) is 12.1 Å². The van der Waals surface area contributed by atoms with Crippen molar-refractivity contribution in [1.82, 2.24) is 10.6 Å². The van der Waals surface area contributed by atoms with Crippen LogP contribution in [0.15, 0.2) is 36.1 Å². The van der Waals surface area contributed by atoms with E-state index in [2.05, 4.69) is 10.6 Å². The molecule has 0 radical (unpaired) electrons. The number of nitrogens with one attached hydrogen (secondary N) is 2. The fourth-order valence-corrected chi connectivity index (χ4v) is 1.45. The third-order valence-corrected chi connectivity index (χ3v) is 2.50. The van der Waals surface area contributed by atoms with Crippen molar-refractivity contribution in [3.63, 3.8) is 0 Å². The molecule has 0 aromatic rings. The first-order valence-corrected chi connectivity index (χ1v) is 4.80. The molecule has 15 heavy (non-hydrogen) atoms. The normalized spacial score (nSPS) is 25.3. The van der Waals surface area contributed by atoms with Gasteiger partial charge in [0.25, 0.3) is 0 Å². The van der Waals surface area contributed by atoms with Crippen LogP contribution in [0.1, 0.15) is 6.42 Å². The Hall–Kier alpha value is -1.55. The Labute approximate surface area is 89.4 Å². The highest BCUT2D eigenvalue weighted by molar-refractivity contribution is 5.80. The van der Waals surface area contributed by atoms with E-state index in [1.165, 1.54) is 6.08 Å². The maximum absolute atomic E-state index is 10.5. The van der Waals surface area contributed by atoms with Crippen LogP contribution in [0.2, 0.25) is 0 Å². The molecule has 0 aromatic heterocycles. The number of rotatable bonds is 4. The molecule has 0 spiro atoms. The number of carboxylic acid groups (broad SMARTS) is 1. The van der Waals surface area contributed by atoms with Gasteiger partial charge in [0.2, 0.25) is 0 Å². The highest BCUT2D eigenvalue weighted by Gasteiger charge is 2.22. The second kappa shape index (κ2) is 4.79. The second-order valence-electron chi connectivity index (χ2n) is 3.41. The second-order valence-corrected chi connectivity index (χ2v) is 3.41. The first kappa shape index (κ1) is 11.5. The van der Waals surface area contributed by atoms with E-state index >= 15 is 0 Å². The number of hydrogen-bond donors (Lipinski definition) is 3. The molecule has 0 amide bonds. The first-order chi connectivity index (χ1) is 7.12. The molecule has 1 rings (SSSR count). The zero-order chi connectivity index (χ0) is 11.3.